The summed E-state index contributed by atoms with van der Waals surface area (Å²) in [7, 11) is 0. The van der Waals surface area contributed by atoms with E-state index in [9.17, 15) is 19.2 Å². The van der Waals surface area contributed by atoms with Gasteiger partial charge in [0.05, 0.1) is 0 Å². The molecule has 0 saturated heterocycles. The maximum Gasteiger partial charge on any atom is 0.243 e. The van der Waals surface area contributed by atoms with Crippen LogP contribution in [0.25, 0.3) is 0 Å². The number of nitrogens with one attached hydrogen (secondary N) is 4. The SMILES string of the molecule is CSCC[C@H](NC=O)C(=O)N[C@@H](CC(C)C)C(=O)N[C@H](Cc1ccccc1)C(=O)NCc1ccccc1. The molecule has 0 saturated carbocycles. The van der Waals surface area contributed by atoms with Crippen LogP contribution in [-0.2, 0) is 32.1 Å². The normalized spacial score (nSPS) is 13.2. The number of amides is 4. The molecular formula is C28H38N4O4S. The van der Waals surface area contributed by atoms with Crippen molar-refractivity contribution in [1.29, 1.82) is 0 Å². The fraction of sp³-hybridized carbons (Fsp3) is 0.429. The number of rotatable bonds is 16. The minimum atomic E-state index is -0.849. The largest absolute Gasteiger partial charge is 0.350 e. The molecule has 0 unspecified atom stereocenters. The Morgan fingerprint density at radius 1 is 0.811 bits per heavy atom. The zero-order valence-corrected chi connectivity index (χ0v) is 22.6. The van der Waals surface area contributed by atoms with E-state index in [4.69, 9.17) is 0 Å². The van der Waals surface area contributed by atoms with Gasteiger partial charge in [-0.1, -0.05) is 74.5 Å². The molecule has 0 aliphatic heterocycles. The van der Waals surface area contributed by atoms with Crippen molar-refractivity contribution >= 4 is 35.9 Å². The smallest absolute Gasteiger partial charge is 0.243 e. The fourth-order valence-corrected chi connectivity index (χ4v) is 4.29. The Bertz CT molecular complexity index is 988. The first kappa shape index (κ1) is 29.9. The third kappa shape index (κ3) is 11.1. The zero-order valence-electron chi connectivity index (χ0n) is 21.7. The highest BCUT2D eigenvalue weighted by Gasteiger charge is 2.29. The first-order valence-electron chi connectivity index (χ1n) is 12.5. The van der Waals surface area contributed by atoms with Crippen LogP contribution >= 0.6 is 11.8 Å². The van der Waals surface area contributed by atoms with E-state index in [1.165, 1.54) is 0 Å². The van der Waals surface area contributed by atoms with Gasteiger partial charge in [-0.3, -0.25) is 19.2 Å². The molecule has 8 nitrogen and oxygen atoms in total. The summed E-state index contributed by atoms with van der Waals surface area (Å²) in [6.45, 7) is 4.24. The van der Waals surface area contributed by atoms with Gasteiger partial charge in [-0.25, -0.2) is 0 Å². The van der Waals surface area contributed by atoms with E-state index in [0.717, 1.165) is 11.1 Å². The highest BCUT2D eigenvalue weighted by molar-refractivity contribution is 7.98. The van der Waals surface area contributed by atoms with E-state index in [-0.39, 0.29) is 11.8 Å². The van der Waals surface area contributed by atoms with Crippen molar-refractivity contribution in [2.24, 2.45) is 5.92 Å². The Morgan fingerprint density at radius 3 is 1.95 bits per heavy atom. The number of carbonyl (C=O) groups excluding carboxylic acids is 4. The van der Waals surface area contributed by atoms with Gasteiger partial charge in [0.15, 0.2) is 0 Å². The first-order chi connectivity index (χ1) is 17.8. The van der Waals surface area contributed by atoms with Gasteiger partial charge in [-0.05, 0) is 41.9 Å². The molecule has 4 amide bonds. The molecule has 200 valence electrons. The van der Waals surface area contributed by atoms with E-state index in [1.54, 1.807) is 11.8 Å². The minimum absolute atomic E-state index is 0.110. The van der Waals surface area contributed by atoms with Crippen LogP contribution in [0.2, 0.25) is 0 Å². The van der Waals surface area contributed by atoms with Gasteiger partial charge in [0.1, 0.15) is 18.1 Å². The van der Waals surface area contributed by atoms with E-state index < -0.39 is 29.9 Å². The summed E-state index contributed by atoms with van der Waals surface area (Å²) in [6, 6.07) is 16.6. The minimum Gasteiger partial charge on any atom is -0.350 e. The van der Waals surface area contributed by atoms with E-state index >= 15 is 0 Å². The summed E-state index contributed by atoms with van der Waals surface area (Å²) in [6.07, 6.45) is 3.55. The maximum atomic E-state index is 13.4. The summed E-state index contributed by atoms with van der Waals surface area (Å²) in [5.41, 5.74) is 1.85. The molecule has 2 aromatic rings. The maximum absolute atomic E-state index is 13.4. The van der Waals surface area contributed by atoms with Crippen molar-refractivity contribution < 1.29 is 19.2 Å². The highest BCUT2D eigenvalue weighted by Crippen LogP contribution is 2.10. The molecule has 0 aliphatic rings. The molecule has 0 bridgehead atoms. The number of hydrogen-bond acceptors (Lipinski definition) is 5. The first-order valence-corrected chi connectivity index (χ1v) is 13.9. The number of benzene rings is 2. The van der Waals surface area contributed by atoms with E-state index in [0.29, 0.717) is 38.0 Å². The lowest BCUT2D eigenvalue weighted by molar-refractivity contribution is -0.133. The summed E-state index contributed by atoms with van der Waals surface area (Å²) in [5, 5.41) is 11.1. The predicted molar refractivity (Wildman–Crippen MR) is 148 cm³/mol. The van der Waals surface area contributed by atoms with Crippen molar-refractivity contribution in [3.05, 3.63) is 71.8 Å². The lowest BCUT2D eigenvalue weighted by Gasteiger charge is -2.26. The molecule has 2 rings (SSSR count). The molecule has 9 heteroatoms. The molecule has 0 spiro atoms. The highest BCUT2D eigenvalue weighted by atomic mass is 32.2. The van der Waals surface area contributed by atoms with Crippen LogP contribution < -0.4 is 21.3 Å². The monoisotopic (exact) mass is 526 g/mol. The van der Waals surface area contributed by atoms with Crippen molar-refractivity contribution in [2.75, 3.05) is 12.0 Å². The molecule has 0 fully saturated rings. The topological polar surface area (TPSA) is 116 Å². The van der Waals surface area contributed by atoms with Gasteiger partial charge >= 0.3 is 0 Å². The van der Waals surface area contributed by atoms with Gasteiger partial charge in [-0.15, -0.1) is 0 Å². The van der Waals surface area contributed by atoms with Crippen LogP contribution in [0.5, 0.6) is 0 Å². The molecule has 0 aliphatic carbocycles. The van der Waals surface area contributed by atoms with E-state index in [1.807, 2.05) is 80.8 Å². The Kier molecular flexibility index (Phi) is 13.3. The molecule has 0 radical (unpaired) electrons. The summed E-state index contributed by atoms with van der Waals surface area (Å²) >= 11 is 1.56. The second-order valence-electron chi connectivity index (χ2n) is 9.26. The van der Waals surface area contributed by atoms with Crippen molar-refractivity contribution in [2.45, 2.75) is 57.8 Å². The molecule has 2 aromatic carbocycles. The molecule has 37 heavy (non-hydrogen) atoms. The number of hydrogen-bond donors (Lipinski definition) is 4. The Labute approximate surface area is 223 Å². The second-order valence-corrected chi connectivity index (χ2v) is 10.2. The molecule has 0 aromatic heterocycles. The summed E-state index contributed by atoms with van der Waals surface area (Å²) in [5.74, 6) is -0.376. The van der Waals surface area contributed by atoms with Crippen LogP contribution in [0.3, 0.4) is 0 Å². The zero-order chi connectivity index (χ0) is 27.0. The van der Waals surface area contributed by atoms with Crippen LogP contribution in [0.1, 0.15) is 37.8 Å². The van der Waals surface area contributed by atoms with Crippen molar-refractivity contribution in [3.63, 3.8) is 0 Å². The number of carbonyl (C=O) groups is 4. The summed E-state index contributed by atoms with van der Waals surface area (Å²) in [4.78, 5) is 50.5. The van der Waals surface area contributed by atoms with Crippen LogP contribution in [0.4, 0.5) is 0 Å². The third-order valence-electron chi connectivity index (χ3n) is 5.76. The molecular weight excluding hydrogens is 488 g/mol. The second kappa shape index (κ2) is 16.4. The van der Waals surface area contributed by atoms with Gasteiger partial charge in [0.25, 0.3) is 0 Å². The lowest BCUT2D eigenvalue weighted by Crippen LogP contribution is -2.57. The number of thioether (sulfide) groups is 1. The van der Waals surface area contributed by atoms with Gasteiger partial charge in [0.2, 0.25) is 24.1 Å². The van der Waals surface area contributed by atoms with Gasteiger partial charge in [-0.2, -0.15) is 11.8 Å². The van der Waals surface area contributed by atoms with Crippen molar-refractivity contribution in [1.82, 2.24) is 21.3 Å². The van der Waals surface area contributed by atoms with Crippen molar-refractivity contribution in [3.8, 4) is 0 Å². The van der Waals surface area contributed by atoms with Gasteiger partial charge in [0, 0.05) is 13.0 Å². The van der Waals surface area contributed by atoms with E-state index in [2.05, 4.69) is 21.3 Å². The molecule has 4 N–H and O–H groups in total. The van der Waals surface area contributed by atoms with Crippen LogP contribution in [-0.4, -0.2) is 54.3 Å². The van der Waals surface area contributed by atoms with Gasteiger partial charge < -0.3 is 21.3 Å². The molecule has 0 heterocycles. The van der Waals surface area contributed by atoms with Crippen LogP contribution in [0.15, 0.2) is 60.7 Å². The Hall–Kier alpha value is -3.33. The van der Waals surface area contributed by atoms with Crippen LogP contribution in [0, 0.1) is 5.92 Å². The third-order valence-corrected chi connectivity index (χ3v) is 6.41. The quantitative estimate of drug-likeness (QED) is 0.251. The summed E-state index contributed by atoms with van der Waals surface area (Å²) < 4.78 is 0. The molecule has 3 atom stereocenters. The fourth-order valence-electron chi connectivity index (χ4n) is 3.82. The lowest BCUT2D eigenvalue weighted by atomic mass is 10.0. The standard InChI is InChI=1S/C28H38N4O4S/c1-20(2)16-24(31-27(35)23(30-19-33)14-15-37-3)28(36)32-25(17-21-10-6-4-7-11-21)26(34)29-18-22-12-8-5-9-13-22/h4-13,19-20,23-25H,14-18H2,1-3H3,(H,29,34)(H,30,33)(H,31,35)(H,32,36)/t23-,24-,25+/m0/s1. The Balaban J connectivity index is 2.16. The average Bonchev–Trinajstić information content (AvgIpc) is 2.89. The average molecular weight is 527 g/mol. The Morgan fingerprint density at radius 2 is 1.38 bits per heavy atom. The predicted octanol–water partition coefficient (Wildman–Crippen LogP) is 2.43.